The number of aromatic nitrogens is 2. The summed E-state index contributed by atoms with van der Waals surface area (Å²) in [4.78, 5) is 4.49. The van der Waals surface area contributed by atoms with Gasteiger partial charge >= 0.3 is 0 Å². The molecule has 0 spiro atoms. The minimum absolute atomic E-state index is 0.252. The molecule has 2 aromatic rings. The van der Waals surface area contributed by atoms with Crippen LogP contribution in [0.2, 0.25) is 0 Å². The molecule has 0 saturated carbocycles. The Morgan fingerprint density at radius 1 is 1.44 bits per heavy atom. The molecule has 0 atom stereocenters. The maximum Gasteiger partial charge on any atom is 0.106 e. The Morgan fingerprint density at radius 2 is 2.19 bits per heavy atom. The number of imidazole rings is 1. The summed E-state index contributed by atoms with van der Waals surface area (Å²) in [6.45, 7) is 2.87. The van der Waals surface area contributed by atoms with Crippen LogP contribution in [0.3, 0.4) is 0 Å². The Morgan fingerprint density at radius 3 is 2.94 bits per heavy atom. The number of hydrogen-bond donors (Lipinski definition) is 2. The van der Waals surface area contributed by atoms with E-state index >= 15 is 0 Å². The van der Waals surface area contributed by atoms with Crippen molar-refractivity contribution >= 4 is 16.9 Å². The minimum atomic E-state index is 0.252. The van der Waals surface area contributed by atoms with E-state index in [9.17, 15) is 0 Å². The van der Waals surface area contributed by atoms with Crippen LogP contribution in [0.1, 0.15) is 18.7 Å². The number of nitrogens with one attached hydrogen (secondary N) is 1. The number of amidine groups is 1. The standard InChI is InChI=1S/C12H16N4/c1-9-15-10-5-2-3-6-11(10)16(9)8-4-7-12(13)14/h2-3,5-6H,4,7-8H2,1H3,(H3,13,14). The third kappa shape index (κ3) is 2.05. The van der Waals surface area contributed by atoms with Gasteiger partial charge in [0.2, 0.25) is 0 Å². The van der Waals surface area contributed by atoms with Crippen LogP contribution in [0.5, 0.6) is 0 Å². The summed E-state index contributed by atoms with van der Waals surface area (Å²) < 4.78 is 2.18. The Labute approximate surface area is 94.6 Å². The number of para-hydroxylation sites is 2. The fraction of sp³-hybridized carbons (Fsp3) is 0.333. The quantitative estimate of drug-likeness (QED) is 0.606. The molecule has 4 heteroatoms. The largest absolute Gasteiger partial charge is 0.388 e. The highest BCUT2D eigenvalue weighted by Crippen LogP contribution is 2.15. The Balaban J connectivity index is 2.22. The lowest BCUT2D eigenvalue weighted by Gasteiger charge is -2.05. The van der Waals surface area contributed by atoms with E-state index < -0.39 is 0 Å². The smallest absolute Gasteiger partial charge is 0.106 e. The van der Waals surface area contributed by atoms with Crippen molar-refractivity contribution in [2.45, 2.75) is 26.3 Å². The Hall–Kier alpha value is -1.84. The van der Waals surface area contributed by atoms with Gasteiger partial charge in [-0.3, -0.25) is 5.41 Å². The summed E-state index contributed by atoms with van der Waals surface area (Å²) >= 11 is 0. The molecule has 0 unspecified atom stereocenters. The van der Waals surface area contributed by atoms with Crippen molar-refractivity contribution < 1.29 is 0 Å². The number of hydrogen-bond acceptors (Lipinski definition) is 2. The Bertz CT molecular complexity index is 513. The first-order valence-corrected chi connectivity index (χ1v) is 5.43. The number of fused-ring (bicyclic) bond motifs is 1. The van der Waals surface area contributed by atoms with Crippen LogP contribution in [-0.4, -0.2) is 15.4 Å². The Kier molecular flexibility index (Phi) is 2.90. The van der Waals surface area contributed by atoms with Gasteiger partial charge < -0.3 is 10.3 Å². The van der Waals surface area contributed by atoms with Crippen LogP contribution >= 0.6 is 0 Å². The summed E-state index contributed by atoms with van der Waals surface area (Å²) in [6.07, 6.45) is 1.53. The van der Waals surface area contributed by atoms with Crippen molar-refractivity contribution in [3.63, 3.8) is 0 Å². The molecule has 1 aromatic carbocycles. The fourth-order valence-electron chi connectivity index (χ4n) is 1.91. The number of aryl methyl sites for hydroxylation is 2. The molecule has 0 aliphatic heterocycles. The third-order valence-corrected chi connectivity index (χ3v) is 2.67. The summed E-state index contributed by atoms with van der Waals surface area (Å²) in [6, 6.07) is 8.10. The molecule has 4 nitrogen and oxygen atoms in total. The molecule has 3 N–H and O–H groups in total. The van der Waals surface area contributed by atoms with Gasteiger partial charge in [-0.1, -0.05) is 12.1 Å². The van der Waals surface area contributed by atoms with E-state index in [0.717, 1.165) is 29.8 Å². The maximum atomic E-state index is 7.19. The van der Waals surface area contributed by atoms with E-state index in [-0.39, 0.29) is 5.84 Å². The van der Waals surface area contributed by atoms with Crippen LogP contribution in [0, 0.1) is 12.3 Å². The van der Waals surface area contributed by atoms with Gasteiger partial charge in [0.25, 0.3) is 0 Å². The number of benzene rings is 1. The van der Waals surface area contributed by atoms with Crippen LogP contribution in [0.25, 0.3) is 11.0 Å². The lowest BCUT2D eigenvalue weighted by molar-refractivity contribution is 0.654. The monoisotopic (exact) mass is 216 g/mol. The van der Waals surface area contributed by atoms with E-state index in [1.165, 1.54) is 0 Å². The topological polar surface area (TPSA) is 67.7 Å². The molecule has 2 rings (SSSR count). The highest BCUT2D eigenvalue weighted by Gasteiger charge is 2.05. The van der Waals surface area contributed by atoms with E-state index in [1.54, 1.807) is 0 Å². The molecule has 1 aromatic heterocycles. The van der Waals surface area contributed by atoms with Gasteiger partial charge in [-0.15, -0.1) is 0 Å². The molecule has 1 heterocycles. The highest BCUT2D eigenvalue weighted by molar-refractivity contribution is 5.77. The van der Waals surface area contributed by atoms with Gasteiger partial charge in [-0.2, -0.15) is 0 Å². The number of nitrogens with two attached hydrogens (primary N) is 1. The molecule has 0 bridgehead atoms. The van der Waals surface area contributed by atoms with E-state index in [0.29, 0.717) is 6.42 Å². The summed E-state index contributed by atoms with van der Waals surface area (Å²) in [5.74, 6) is 1.27. The zero-order valence-corrected chi connectivity index (χ0v) is 9.40. The molecule has 84 valence electrons. The first-order chi connectivity index (χ1) is 7.68. The third-order valence-electron chi connectivity index (χ3n) is 2.67. The van der Waals surface area contributed by atoms with Crippen molar-refractivity contribution in [3.05, 3.63) is 30.1 Å². The van der Waals surface area contributed by atoms with Gasteiger partial charge in [-0.25, -0.2) is 4.98 Å². The van der Waals surface area contributed by atoms with Crippen LogP contribution in [-0.2, 0) is 6.54 Å². The van der Waals surface area contributed by atoms with Crippen LogP contribution in [0.4, 0.5) is 0 Å². The second kappa shape index (κ2) is 4.35. The molecule has 0 radical (unpaired) electrons. The average molecular weight is 216 g/mol. The van der Waals surface area contributed by atoms with E-state index in [4.69, 9.17) is 11.1 Å². The predicted octanol–water partition coefficient (Wildman–Crippen LogP) is 2.06. The lowest BCUT2D eigenvalue weighted by atomic mass is 10.2. The van der Waals surface area contributed by atoms with E-state index in [2.05, 4.69) is 15.6 Å². The SMILES string of the molecule is Cc1nc2ccccc2n1CCCC(=N)N. The highest BCUT2D eigenvalue weighted by atomic mass is 15.1. The second-order valence-electron chi connectivity index (χ2n) is 3.93. The molecule has 0 aliphatic rings. The fourth-order valence-corrected chi connectivity index (χ4v) is 1.91. The maximum absolute atomic E-state index is 7.19. The van der Waals surface area contributed by atoms with Crippen molar-refractivity contribution in [1.29, 1.82) is 5.41 Å². The predicted molar refractivity (Wildman–Crippen MR) is 65.6 cm³/mol. The van der Waals surface area contributed by atoms with Gasteiger partial charge in [-0.05, 0) is 25.5 Å². The summed E-state index contributed by atoms with van der Waals surface area (Å²) in [5.41, 5.74) is 7.53. The van der Waals surface area contributed by atoms with Crippen LogP contribution < -0.4 is 5.73 Å². The van der Waals surface area contributed by atoms with Crippen molar-refractivity contribution in [2.24, 2.45) is 5.73 Å². The normalized spacial score (nSPS) is 10.8. The summed E-state index contributed by atoms with van der Waals surface area (Å²) in [5, 5.41) is 7.19. The van der Waals surface area contributed by atoms with Gasteiger partial charge in [0.1, 0.15) is 5.82 Å². The number of rotatable bonds is 4. The molecule has 0 saturated heterocycles. The zero-order chi connectivity index (χ0) is 11.5. The first kappa shape index (κ1) is 10.7. The van der Waals surface area contributed by atoms with E-state index in [1.807, 2.05) is 25.1 Å². The van der Waals surface area contributed by atoms with Crippen molar-refractivity contribution in [3.8, 4) is 0 Å². The molecule has 0 fully saturated rings. The second-order valence-corrected chi connectivity index (χ2v) is 3.93. The molecule has 0 amide bonds. The molecule has 0 aliphatic carbocycles. The van der Waals surface area contributed by atoms with Crippen molar-refractivity contribution in [2.75, 3.05) is 0 Å². The average Bonchev–Trinajstić information content (AvgIpc) is 2.55. The van der Waals surface area contributed by atoms with Crippen molar-refractivity contribution in [1.82, 2.24) is 9.55 Å². The lowest BCUT2D eigenvalue weighted by Crippen LogP contribution is -2.11. The minimum Gasteiger partial charge on any atom is -0.388 e. The molecular weight excluding hydrogens is 200 g/mol. The van der Waals surface area contributed by atoms with Gasteiger partial charge in [0.05, 0.1) is 16.9 Å². The molecule has 16 heavy (non-hydrogen) atoms. The summed E-state index contributed by atoms with van der Waals surface area (Å²) in [7, 11) is 0. The zero-order valence-electron chi connectivity index (χ0n) is 9.40. The van der Waals surface area contributed by atoms with Gasteiger partial charge in [0.15, 0.2) is 0 Å². The van der Waals surface area contributed by atoms with Crippen LogP contribution in [0.15, 0.2) is 24.3 Å². The first-order valence-electron chi connectivity index (χ1n) is 5.43. The molecular formula is C12H16N4. The van der Waals surface area contributed by atoms with Gasteiger partial charge in [0, 0.05) is 13.0 Å². The number of nitrogens with zero attached hydrogens (tertiary/aromatic N) is 2.